The molecule has 19 heavy (non-hydrogen) atoms. The number of halogens is 1. The van der Waals surface area contributed by atoms with Crippen molar-refractivity contribution in [2.24, 2.45) is 5.73 Å². The minimum Gasteiger partial charge on any atom is -0.329 e. The van der Waals surface area contributed by atoms with Crippen molar-refractivity contribution in [1.82, 2.24) is 4.72 Å². The van der Waals surface area contributed by atoms with Crippen LogP contribution in [0.1, 0.15) is 25.0 Å². The van der Waals surface area contributed by atoms with E-state index in [4.69, 9.17) is 11.0 Å². The van der Waals surface area contributed by atoms with Gasteiger partial charge in [0.1, 0.15) is 0 Å². The van der Waals surface area contributed by atoms with E-state index in [9.17, 15) is 8.42 Å². The van der Waals surface area contributed by atoms with Crippen molar-refractivity contribution in [2.45, 2.75) is 31.2 Å². The normalized spacial score (nSPS) is 11.5. The molecule has 0 aromatic heterocycles. The van der Waals surface area contributed by atoms with E-state index >= 15 is 0 Å². The lowest BCUT2D eigenvalue weighted by molar-refractivity contribution is 0.462. The van der Waals surface area contributed by atoms with Gasteiger partial charge in [0, 0.05) is 12.1 Å². The zero-order valence-electron chi connectivity index (χ0n) is 11.1. The number of nitrogens with zero attached hydrogens (tertiary/aromatic N) is 1. The topological polar surface area (TPSA) is 96.0 Å². The van der Waals surface area contributed by atoms with Crippen LogP contribution in [-0.2, 0) is 10.0 Å². The van der Waals surface area contributed by atoms with Crippen molar-refractivity contribution in [3.8, 4) is 6.07 Å². The highest BCUT2D eigenvalue weighted by molar-refractivity contribution is 7.89. The van der Waals surface area contributed by atoms with Gasteiger partial charge in [0.15, 0.2) is 0 Å². The Labute approximate surface area is 120 Å². The molecule has 0 heterocycles. The first-order valence-corrected chi connectivity index (χ1v) is 6.95. The second-order valence-electron chi connectivity index (χ2n) is 4.79. The van der Waals surface area contributed by atoms with Gasteiger partial charge in [-0.1, -0.05) is 0 Å². The molecule has 1 aromatic carbocycles. The third-order valence-electron chi connectivity index (χ3n) is 2.51. The van der Waals surface area contributed by atoms with Gasteiger partial charge in [0.05, 0.1) is 16.5 Å². The van der Waals surface area contributed by atoms with Gasteiger partial charge < -0.3 is 5.73 Å². The van der Waals surface area contributed by atoms with E-state index in [1.54, 1.807) is 26.8 Å². The molecule has 0 atom stereocenters. The van der Waals surface area contributed by atoms with E-state index in [1.807, 2.05) is 6.07 Å². The molecule has 0 bridgehead atoms. The Kier molecular flexibility index (Phi) is 5.97. The Balaban J connectivity index is 0.00000324. The lowest BCUT2D eigenvalue weighted by atomic mass is 10.1. The Morgan fingerprint density at radius 1 is 1.42 bits per heavy atom. The number of aryl methyl sites for hydroxylation is 1. The fourth-order valence-electron chi connectivity index (χ4n) is 1.48. The maximum Gasteiger partial charge on any atom is 0.241 e. The summed E-state index contributed by atoms with van der Waals surface area (Å²) in [6.45, 7) is 5.28. The number of sulfonamides is 1. The molecule has 0 unspecified atom stereocenters. The molecular weight excluding hydrogens is 286 g/mol. The molecule has 0 saturated heterocycles. The summed E-state index contributed by atoms with van der Waals surface area (Å²) in [7, 11) is -3.63. The summed E-state index contributed by atoms with van der Waals surface area (Å²) in [5.41, 5.74) is 5.77. The standard InChI is InChI=1S/C12H17N3O2S.ClH/c1-9-6-10(7-13)4-5-11(9)18(16,17)15-12(2,3)8-14;/h4-6,15H,8,14H2,1-3H3;1H. The van der Waals surface area contributed by atoms with Gasteiger partial charge in [-0.05, 0) is 44.5 Å². The van der Waals surface area contributed by atoms with Crippen LogP contribution in [0.4, 0.5) is 0 Å². The second kappa shape index (κ2) is 6.35. The molecule has 5 nitrogen and oxygen atoms in total. The third kappa shape index (κ3) is 4.48. The Bertz CT molecular complexity index is 591. The van der Waals surface area contributed by atoms with Crippen LogP contribution in [0.5, 0.6) is 0 Å². The van der Waals surface area contributed by atoms with Gasteiger partial charge in [-0.2, -0.15) is 5.26 Å². The Morgan fingerprint density at radius 3 is 2.42 bits per heavy atom. The monoisotopic (exact) mass is 303 g/mol. The molecule has 3 N–H and O–H groups in total. The molecule has 0 saturated carbocycles. The molecule has 1 rings (SSSR count). The predicted octanol–water partition coefficient (Wildman–Crippen LogP) is 1.30. The molecule has 0 aliphatic rings. The van der Waals surface area contributed by atoms with Crippen LogP contribution in [0.15, 0.2) is 23.1 Å². The van der Waals surface area contributed by atoms with E-state index in [0.29, 0.717) is 11.1 Å². The molecule has 106 valence electrons. The minimum absolute atomic E-state index is 0. The van der Waals surface area contributed by atoms with E-state index in [0.717, 1.165) is 0 Å². The number of hydrogen-bond donors (Lipinski definition) is 2. The zero-order chi connectivity index (χ0) is 14.0. The molecule has 0 radical (unpaired) electrons. The summed E-state index contributed by atoms with van der Waals surface area (Å²) in [4.78, 5) is 0.169. The predicted molar refractivity (Wildman–Crippen MR) is 76.6 cm³/mol. The van der Waals surface area contributed by atoms with Crippen molar-refractivity contribution in [1.29, 1.82) is 5.26 Å². The van der Waals surface area contributed by atoms with Crippen LogP contribution in [0.3, 0.4) is 0 Å². The summed E-state index contributed by atoms with van der Waals surface area (Å²) in [5.74, 6) is 0. The summed E-state index contributed by atoms with van der Waals surface area (Å²) in [5, 5.41) is 8.75. The average molecular weight is 304 g/mol. The number of benzene rings is 1. The van der Waals surface area contributed by atoms with E-state index in [1.165, 1.54) is 12.1 Å². The fourth-order valence-corrected chi connectivity index (χ4v) is 3.13. The van der Waals surface area contributed by atoms with Crippen LogP contribution in [0, 0.1) is 18.3 Å². The number of hydrogen-bond acceptors (Lipinski definition) is 4. The quantitative estimate of drug-likeness (QED) is 0.876. The van der Waals surface area contributed by atoms with Crippen LogP contribution < -0.4 is 10.5 Å². The number of rotatable bonds is 4. The van der Waals surface area contributed by atoms with Crippen LogP contribution in [0.2, 0.25) is 0 Å². The summed E-state index contributed by atoms with van der Waals surface area (Å²) < 4.78 is 26.9. The molecule has 7 heteroatoms. The summed E-state index contributed by atoms with van der Waals surface area (Å²) in [6, 6.07) is 6.43. The molecule has 0 aliphatic carbocycles. The third-order valence-corrected chi connectivity index (χ3v) is 4.37. The zero-order valence-corrected chi connectivity index (χ0v) is 12.7. The van der Waals surface area contributed by atoms with Crippen LogP contribution in [0.25, 0.3) is 0 Å². The molecule has 0 aliphatic heterocycles. The van der Waals surface area contributed by atoms with E-state index < -0.39 is 15.6 Å². The van der Waals surface area contributed by atoms with Crippen molar-refractivity contribution in [3.05, 3.63) is 29.3 Å². The van der Waals surface area contributed by atoms with Crippen molar-refractivity contribution >= 4 is 22.4 Å². The molecule has 1 aromatic rings. The van der Waals surface area contributed by atoms with Gasteiger partial charge in [0.2, 0.25) is 10.0 Å². The highest BCUT2D eigenvalue weighted by Crippen LogP contribution is 2.18. The van der Waals surface area contributed by atoms with Gasteiger partial charge in [-0.3, -0.25) is 0 Å². The minimum atomic E-state index is -3.63. The maximum absolute atomic E-state index is 12.2. The van der Waals surface area contributed by atoms with Crippen molar-refractivity contribution < 1.29 is 8.42 Å². The molecule has 0 fully saturated rings. The maximum atomic E-state index is 12.2. The highest BCUT2D eigenvalue weighted by atomic mass is 35.5. The van der Waals surface area contributed by atoms with Gasteiger partial charge in [-0.25, -0.2) is 13.1 Å². The Morgan fingerprint density at radius 2 is 2.00 bits per heavy atom. The smallest absolute Gasteiger partial charge is 0.241 e. The summed E-state index contributed by atoms with van der Waals surface area (Å²) in [6.07, 6.45) is 0. The van der Waals surface area contributed by atoms with Gasteiger partial charge in [0.25, 0.3) is 0 Å². The average Bonchev–Trinajstić information content (AvgIpc) is 2.27. The van der Waals surface area contributed by atoms with Crippen LogP contribution in [-0.4, -0.2) is 20.5 Å². The Hall–Kier alpha value is -1.13. The van der Waals surface area contributed by atoms with E-state index in [2.05, 4.69) is 4.72 Å². The van der Waals surface area contributed by atoms with Crippen LogP contribution >= 0.6 is 12.4 Å². The first-order valence-electron chi connectivity index (χ1n) is 5.47. The molecule has 0 amide bonds. The SMILES string of the molecule is Cc1cc(C#N)ccc1S(=O)(=O)NC(C)(C)CN.Cl. The van der Waals surface area contributed by atoms with Gasteiger partial charge in [-0.15, -0.1) is 12.4 Å². The molecule has 0 spiro atoms. The van der Waals surface area contributed by atoms with Crippen molar-refractivity contribution in [3.63, 3.8) is 0 Å². The van der Waals surface area contributed by atoms with Crippen molar-refractivity contribution in [2.75, 3.05) is 6.54 Å². The largest absolute Gasteiger partial charge is 0.329 e. The highest BCUT2D eigenvalue weighted by Gasteiger charge is 2.26. The number of nitrogens with two attached hydrogens (primary N) is 1. The number of nitrogens with one attached hydrogen (secondary N) is 1. The molecular formula is C12H18ClN3O2S. The van der Waals surface area contributed by atoms with E-state index in [-0.39, 0.29) is 23.8 Å². The van der Waals surface area contributed by atoms with Gasteiger partial charge >= 0.3 is 0 Å². The fraction of sp³-hybridized carbons (Fsp3) is 0.417. The second-order valence-corrected chi connectivity index (χ2v) is 6.44. The lowest BCUT2D eigenvalue weighted by Gasteiger charge is -2.24. The first-order chi connectivity index (χ1) is 8.22. The number of nitriles is 1. The summed E-state index contributed by atoms with van der Waals surface area (Å²) >= 11 is 0. The first kappa shape index (κ1) is 17.9. The lowest BCUT2D eigenvalue weighted by Crippen LogP contribution is -2.48.